The highest BCUT2D eigenvalue weighted by atomic mass is 35.5. The molecule has 2 N–H and O–H groups in total. The number of anilines is 2. The number of halogens is 1. The summed E-state index contributed by atoms with van der Waals surface area (Å²) in [6.45, 7) is 3.05. The van der Waals surface area contributed by atoms with Crippen molar-refractivity contribution in [2.24, 2.45) is 0 Å². The minimum atomic E-state index is 0.682. The molecule has 1 heterocycles. The molecule has 0 bridgehead atoms. The maximum Gasteiger partial charge on any atom is 0.209 e. The van der Waals surface area contributed by atoms with Crippen LogP contribution in [0.2, 0.25) is 5.02 Å². The van der Waals surface area contributed by atoms with Crippen LogP contribution in [0.1, 0.15) is 0 Å². The Labute approximate surface area is 99.6 Å². The molecule has 1 aliphatic heterocycles. The molecule has 16 heavy (non-hydrogen) atoms. The summed E-state index contributed by atoms with van der Waals surface area (Å²) in [5.74, 6) is 0. The van der Waals surface area contributed by atoms with E-state index in [4.69, 9.17) is 17.3 Å². The molecule has 0 spiro atoms. The van der Waals surface area contributed by atoms with Crippen LogP contribution in [0.5, 0.6) is 0 Å². The zero-order chi connectivity index (χ0) is 11.5. The third kappa shape index (κ3) is 2.22. The van der Waals surface area contributed by atoms with Crippen molar-refractivity contribution in [3.8, 4) is 0 Å². The number of benzene rings is 1. The van der Waals surface area contributed by atoms with Crippen molar-refractivity contribution in [1.82, 2.24) is 4.90 Å². The van der Waals surface area contributed by atoms with E-state index in [2.05, 4.69) is 4.90 Å². The van der Waals surface area contributed by atoms with E-state index >= 15 is 0 Å². The summed E-state index contributed by atoms with van der Waals surface area (Å²) < 4.78 is 0. The largest absolute Gasteiger partial charge is 0.397 e. The van der Waals surface area contributed by atoms with Crippen molar-refractivity contribution >= 4 is 29.4 Å². The molecule has 1 aromatic carbocycles. The first-order valence-corrected chi connectivity index (χ1v) is 5.58. The van der Waals surface area contributed by atoms with Crippen molar-refractivity contribution in [3.63, 3.8) is 0 Å². The average Bonchev–Trinajstić information content (AvgIpc) is 2.32. The van der Waals surface area contributed by atoms with Gasteiger partial charge in [-0.2, -0.15) is 0 Å². The van der Waals surface area contributed by atoms with Crippen molar-refractivity contribution in [1.29, 1.82) is 0 Å². The number of piperazine rings is 1. The van der Waals surface area contributed by atoms with E-state index < -0.39 is 0 Å². The van der Waals surface area contributed by atoms with Gasteiger partial charge in [-0.3, -0.25) is 4.79 Å². The summed E-state index contributed by atoms with van der Waals surface area (Å²) in [5.41, 5.74) is 7.59. The van der Waals surface area contributed by atoms with E-state index in [9.17, 15) is 4.79 Å². The topological polar surface area (TPSA) is 49.6 Å². The molecular weight excluding hydrogens is 226 g/mol. The second-order valence-electron chi connectivity index (χ2n) is 3.83. The SMILES string of the molecule is Nc1ccc(Cl)cc1N1CCN(C=O)CC1. The molecule has 1 fully saturated rings. The zero-order valence-corrected chi connectivity index (χ0v) is 9.65. The standard InChI is InChI=1S/C11H14ClN3O/c12-9-1-2-10(13)11(7-9)15-5-3-14(8-16)4-6-15/h1-2,7-8H,3-6,13H2. The van der Waals surface area contributed by atoms with Gasteiger partial charge in [-0.05, 0) is 18.2 Å². The summed E-state index contributed by atoms with van der Waals surface area (Å²) in [7, 11) is 0. The van der Waals surface area contributed by atoms with Crippen LogP contribution in [-0.4, -0.2) is 37.5 Å². The highest BCUT2D eigenvalue weighted by molar-refractivity contribution is 6.31. The lowest BCUT2D eigenvalue weighted by Gasteiger charge is -2.34. The summed E-state index contributed by atoms with van der Waals surface area (Å²) >= 11 is 5.94. The van der Waals surface area contributed by atoms with Crippen LogP contribution in [0.4, 0.5) is 11.4 Å². The molecule has 0 atom stereocenters. The lowest BCUT2D eigenvalue weighted by molar-refractivity contribution is -0.118. The summed E-state index contributed by atoms with van der Waals surface area (Å²) in [4.78, 5) is 14.5. The second kappa shape index (κ2) is 4.61. The Morgan fingerprint density at radius 2 is 1.94 bits per heavy atom. The van der Waals surface area contributed by atoms with Gasteiger partial charge < -0.3 is 15.5 Å². The number of carbonyl (C=O) groups is 1. The number of nitrogens with two attached hydrogens (primary N) is 1. The van der Waals surface area contributed by atoms with Gasteiger partial charge in [0.05, 0.1) is 11.4 Å². The van der Waals surface area contributed by atoms with Crippen LogP contribution in [0.25, 0.3) is 0 Å². The minimum Gasteiger partial charge on any atom is -0.397 e. The van der Waals surface area contributed by atoms with Gasteiger partial charge in [0.1, 0.15) is 0 Å². The van der Waals surface area contributed by atoms with Gasteiger partial charge in [0.25, 0.3) is 0 Å². The summed E-state index contributed by atoms with van der Waals surface area (Å²) in [6, 6.07) is 5.46. The number of hydrogen-bond acceptors (Lipinski definition) is 3. The van der Waals surface area contributed by atoms with Crippen LogP contribution in [0.3, 0.4) is 0 Å². The maximum absolute atomic E-state index is 10.6. The van der Waals surface area contributed by atoms with E-state index in [-0.39, 0.29) is 0 Å². The van der Waals surface area contributed by atoms with Crippen molar-refractivity contribution in [3.05, 3.63) is 23.2 Å². The van der Waals surface area contributed by atoms with Gasteiger partial charge in [0.15, 0.2) is 0 Å². The van der Waals surface area contributed by atoms with E-state index in [1.54, 1.807) is 11.0 Å². The Balaban J connectivity index is 2.13. The van der Waals surface area contributed by atoms with E-state index in [0.29, 0.717) is 5.02 Å². The molecule has 5 heteroatoms. The quantitative estimate of drug-likeness (QED) is 0.623. The Hall–Kier alpha value is -1.42. The Kier molecular flexibility index (Phi) is 3.19. The number of hydrogen-bond donors (Lipinski definition) is 1. The molecule has 1 aliphatic rings. The Morgan fingerprint density at radius 1 is 1.25 bits per heavy atom. The lowest BCUT2D eigenvalue weighted by Crippen LogP contribution is -2.45. The first kappa shape index (κ1) is 11.1. The van der Waals surface area contributed by atoms with Crippen LogP contribution < -0.4 is 10.6 Å². The third-order valence-electron chi connectivity index (χ3n) is 2.80. The third-order valence-corrected chi connectivity index (χ3v) is 3.03. The molecule has 4 nitrogen and oxygen atoms in total. The maximum atomic E-state index is 10.6. The number of amides is 1. The smallest absolute Gasteiger partial charge is 0.209 e. The predicted octanol–water partition coefficient (Wildman–Crippen LogP) is 1.20. The molecule has 0 radical (unpaired) electrons. The summed E-state index contributed by atoms with van der Waals surface area (Å²) in [5, 5.41) is 0.682. The molecule has 1 saturated heterocycles. The van der Waals surface area contributed by atoms with E-state index in [1.807, 2.05) is 12.1 Å². The monoisotopic (exact) mass is 239 g/mol. The van der Waals surface area contributed by atoms with Crippen LogP contribution in [-0.2, 0) is 4.79 Å². The lowest BCUT2D eigenvalue weighted by atomic mass is 10.2. The van der Waals surface area contributed by atoms with Crippen LogP contribution in [0.15, 0.2) is 18.2 Å². The Bertz CT molecular complexity index is 389. The normalized spacial score (nSPS) is 16.3. The molecule has 0 aliphatic carbocycles. The van der Waals surface area contributed by atoms with Gasteiger partial charge in [0.2, 0.25) is 6.41 Å². The number of nitrogen functional groups attached to an aromatic ring is 1. The highest BCUT2D eigenvalue weighted by Crippen LogP contribution is 2.27. The Morgan fingerprint density at radius 3 is 2.56 bits per heavy atom. The average molecular weight is 240 g/mol. The fourth-order valence-corrected chi connectivity index (χ4v) is 2.03. The molecule has 1 aromatic rings. The van der Waals surface area contributed by atoms with E-state index in [0.717, 1.165) is 44.0 Å². The van der Waals surface area contributed by atoms with Crippen LogP contribution >= 0.6 is 11.6 Å². The van der Waals surface area contributed by atoms with Gasteiger partial charge >= 0.3 is 0 Å². The number of carbonyl (C=O) groups excluding carboxylic acids is 1. The van der Waals surface area contributed by atoms with Gasteiger partial charge in [0, 0.05) is 31.2 Å². The van der Waals surface area contributed by atoms with E-state index in [1.165, 1.54) is 0 Å². The first-order chi connectivity index (χ1) is 7.70. The van der Waals surface area contributed by atoms with Crippen molar-refractivity contribution in [2.75, 3.05) is 36.8 Å². The molecule has 1 amide bonds. The number of nitrogens with zero attached hydrogens (tertiary/aromatic N) is 2. The second-order valence-corrected chi connectivity index (χ2v) is 4.27. The molecule has 2 rings (SSSR count). The minimum absolute atomic E-state index is 0.682. The van der Waals surface area contributed by atoms with Gasteiger partial charge in [-0.25, -0.2) is 0 Å². The number of rotatable bonds is 2. The predicted molar refractivity (Wildman–Crippen MR) is 65.7 cm³/mol. The van der Waals surface area contributed by atoms with Crippen molar-refractivity contribution < 1.29 is 4.79 Å². The summed E-state index contributed by atoms with van der Waals surface area (Å²) in [6.07, 6.45) is 0.888. The molecular formula is C11H14ClN3O. The van der Waals surface area contributed by atoms with Gasteiger partial charge in [-0.15, -0.1) is 0 Å². The first-order valence-electron chi connectivity index (χ1n) is 5.20. The molecule has 0 saturated carbocycles. The molecule has 0 unspecified atom stereocenters. The fourth-order valence-electron chi connectivity index (χ4n) is 1.86. The molecule has 86 valence electrons. The highest BCUT2D eigenvalue weighted by Gasteiger charge is 2.17. The molecule has 0 aromatic heterocycles. The van der Waals surface area contributed by atoms with Gasteiger partial charge in [-0.1, -0.05) is 11.6 Å². The van der Waals surface area contributed by atoms with Crippen molar-refractivity contribution in [2.45, 2.75) is 0 Å². The van der Waals surface area contributed by atoms with Crippen LogP contribution in [0, 0.1) is 0 Å². The fraction of sp³-hybridized carbons (Fsp3) is 0.364. The zero-order valence-electron chi connectivity index (χ0n) is 8.90.